The molecule has 3 N–H and O–H groups in total. The molecule has 61 heavy (non-hydrogen) atoms. The summed E-state index contributed by atoms with van der Waals surface area (Å²) in [4.78, 5) is 12.4. The van der Waals surface area contributed by atoms with Gasteiger partial charge < -0.3 is 15.5 Å². The molecule has 2 unspecified atom stereocenters. The molecule has 0 aromatic carbocycles. The predicted octanol–water partition coefficient (Wildman–Crippen LogP) is 17.2. The minimum atomic E-state index is -0.866. The summed E-state index contributed by atoms with van der Waals surface area (Å²) >= 11 is 0. The number of nitrogens with one attached hydrogen (secondary N) is 1. The van der Waals surface area contributed by atoms with Gasteiger partial charge in [0.2, 0.25) is 5.91 Å². The van der Waals surface area contributed by atoms with Crippen molar-refractivity contribution in [1.29, 1.82) is 0 Å². The monoisotopic (exact) mass is 848 g/mol. The second-order valence-corrected chi connectivity index (χ2v) is 17.6. The quantitative estimate of drug-likeness (QED) is 0.0422. The summed E-state index contributed by atoms with van der Waals surface area (Å²) in [6.45, 7) is 4.19. The summed E-state index contributed by atoms with van der Waals surface area (Å²) in [5.41, 5.74) is 0. The Labute approximate surface area is 380 Å². The Morgan fingerprint density at radius 3 is 1.15 bits per heavy atom. The molecular weight excluding hydrogens is 747 g/mol. The number of carbonyl (C=O) groups excluding carboxylic acids is 1. The van der Waals surface area contributed by atoms with Crippen molar-refractivity contribution in [2.24, 2.45) is 0 Å². The second-order valence-electron chi connectivity index (χ2n) is 17.6. The molecule has 0 aliphatic heterocycles. The number of aliphatic hydroxyl groups is 2. The van der Waals surface area contributed by atoms with E-state index >= 15 is 0 Å². The Bertz CT molecular complexity index is 1100. The normalized spacial score (nSPS) is 13.6. The smallest absolute Gasteiger partial charge is 0.220 e. The summed E-state index contributed by atoms with van der Waals surface area (Å²) in [6.07, 6.45) is 75.8. The molecule has 4 nitrogen and oxygen atoms in total. The summed E-state index contributed by atoms with van der Waals surface area (Å²) < 4.78 is 0. The molecule has 0 fully saturated rings. The van der Waals surface area contributed by atoms with Gasteiger partial charge in [0.1, 0.15) is 0 Å². The molecule has 0 aromatic rings. The van der Waals surface area contributed by atoms with Crippen LogP contribution in [0.25, 0.3) is 0 Å². The summed E-state index contributed by atoms with van der Waals surface area (Å²) in [5.74, 6) is -0.0754. The third kappa shape index (κ3) is 48.5. The van der Waals surface area contributed by atoms with E-state index in [1.165, 1.54) is 167 Å². The first-order valence-corrected chi connectivity index (χ1v) is 26.3. The van der Waals surface area contributed by atoms with Gasteiger partial charge in [-0.3, -0.25) is 4.79 Å². The molecule has 0 aliphatic carbocycles. The van der Waals surface area contributed by atoms with Gasteiger partial charge in [0, 0.05) is 6.42 Å². The third-order valence-electron chi connectivity index (χ3n) is 11.6. The Hall–Kier alpha value is -2.43. The molecule has 0 saturated heterocycles. The van der Waals surface area contributed by atoms with Crippen LogP contribution in [0.5, 0.6) is 0 Å². The van der Waals surface area contributed by atoms with Crippen LogP contribution in [-0.4, -0.2) is 34.9 Å². The van der Waals surface area contributed by atoms with Crippen LogP contribution in [0, 0.1) is 0 Å². The standard InChI is InChI=1S/C57H101NO3/c1-3-5-7-9-11-13-15-17-19-21-23-24-25-26-27-28-29-30-31-32-33-34-35-37-39-41-43-45-47-49-51-53-57(61)58-55(54-59)56(60)52-50-48-46-44-42-40-38-36-22-20-18-16-14-12-10-8-6-4-2/h5,7,11,13,17,19,23-24,26-27,42,44,50,52,55-56,59-60H,3-4,6,8-10,12,14-16,18,20-22,25,28-41,43,45-49,51,53-54H2,1-2H3,(H,58,61)/b7-5-,13-11-,19-17-,24-23-,27-26-,44-42+,52-50+. The van der Waals surface area contributed by atoms with Gasteiger partial charge in [-0.25, -0.2) is 0 Å². The van der Waals surface area contributed by atoms with Crippen molar-refractivity contribution in [3.63, 3.8) is 0 Å². The third-order valence-corrected chi connectivity index (χ3v) is 11.6. The van der Waals surface area contributed by atoms with Crippen molar-refractivity contribution >= 4 is 5.91 Å². The Morgan fingerprint density at radius 2 is 0.738 bits per heavy atom. The van der Waals surface area contributed by atoms with E-state index in [9.17, 15) is 15.0 Å². The van der Waals surface area contributed by atoms with Gasteiger partial charge in [0.05, 0.1) is 18.8 Å². The van der Waals surface area contributed by atoms with Gasteiger partial charge in [-0.2, -0.15) is 0 Å². The van der Waals surface area contributed by atoms with Crippen molar-refractivity contribution in [3.05, 3.63) is 85.1 Å². The van der Waals surface area contributed by atoms with Crippen LogP contribution < -0.4 is 5.32 Å². The van der Waals surface area contributed by atoms with E-state index < -0.39 is 12.1 Å². The number of rotatable bonds is 47. The predicted molar refractivity (Wildman–Crippen MR) is 271 cm³/mol. The molecule has 0 bridgehead atoms. The largest absolute Gasteiger partial charge is 0.394 e. The zero-order valence-electron chi connectivity index (χ0n) is 40.4. The van der Waals surface area contributed by atoms with E-state index in [1.807, 2.05) is 6.08 Å². The molecule has 2 atom stereocenters. The Morgan fingerprint density at radius 1 is 0.410 bits per heavy atom. The fourth-order valence-electron chi connectivity index (χ4n) is 7.63. The number of unbranched alkanes of at least 4 members (excludes halogenated alkanes) is 28. The van der Waals surface area contributed by atoms with Gasteiger partial charge in [-0.15, -0.1) is 0 Å². The fraction of sp³-hybridized carbons (Fsp3) is 0.737. The number of hydrogen-bond acceptors (Lipinski definition) is 3. The van der Waals surface area contributed by atoms with Crippen molar-refractivity contribution in [2.75, 3.05) is 6.61 Å². The first kappa shape index (κ1) is 58.6. The van der Waals surface area contributed by atoms with Crippen LogP contribution in [0.2, 0.25) is 0 Å². The number of aliphatic hydroxyl groups excluding tert-OH is 2. The maximum Gasteiger partial charge on any atom is 0.220 e. The van der Waals surface area contributed by atoms with Gasteiger partial charge in [-0.1, -0.05) is 253 Å². The highest BCUT2D eigenvalue weighted by Gasteiger charge is 2.17. The van der Waals surface area contributed by atoms with Crippen LogP contribution in [0.4, 0.5) is 0 Å². The molecule has 0 heterocycles. The zero-order chi connectivity index (χ0) is 44.2. The highest BCUT2D eigenvalue weighted by Crippen LogP contribution is 2.15. The van der Waals surface area contributed by atoms with Crippen molar-refractivity contribution in [3.8, 4) is 0 Å². The summed E-state index contributed by atoms with van der Waals surface area (Å²) in [5, 5.41) is 23.1. The zero-order valence-corrected chi connectivity index (χ0v) is 40.4. The Balaban J connectivity index is 3.55. The summed E-state index contributed by atoms with van der Waals surface area (Å²) in [6, 6.07) is -0.643. The maximum atomic E-state index is 12.4. The average molecular weight is 848 g/mol. The molecule has 1 amide bonds. The lowest BCUT2D eigenvalue weighted by Gasteiger charge is -2.19. The van der Waals surface area contributed by atoms with E-state index in [0.29, 0.717) is 6.42 Å². The molecule has 352 valence electrons. The second kappa shape index (κ2) is 51.9. The fourth-order valence-corrected chi connectivity index (χ4v) is 7.63. The molecule has 0 aromatic heterocycles. The van der Waals surface area contributed by atoms with Gasteiger partial charge >= 0.3 is 0 Å². The maximum absolute atomic E-state index is 12.4. The molecule has 0 saturated carbocycles. The lowest BCUT2D eigenvalue weighted by Crippen LogP contribution is -2.45. The van der Waals surface area contributed by atoms with Gasteiger partial charge in [-0.05, 0) is 77.0 Å². The molecule has 0 aliphatic rings. The van der Waals surface area contributed by atoms with Crippen LogP contribution in [0.3, 0.4) is 0 Å². The van der Waals surface area contributed by atoms with E-state index in [4.69, 9.17) is 0 Å². The minimum absolute atomic E-state index is 0.0754. The molecular formula is C57H101NO3. The van der Waals surface area contributed by atoms with Crippen molar-refractivity contribution < 1.29 is 15.0 Å². The molecule has 4 heteroatoms. The number of hydrogen-bond donors (Lipinski definition) is 3. The van der Waals surface area contributed by atoms with Crippen LogP contribution in [0.15, 0.2) is 85.1 Å². The first-order chi connectivity index (χ1) is 30.2. The summed E-state index contributed by atoms with van der Waals surface area (Å²) in [7, 11) is 0. The highest BCUT2D eigenvalue weighted by atomic mass is 16.3. The lowest BCUT2D eigenvalue weighted by molar-refractivity contribution is -0.123. The first-order valence-electron chi connectivity index (χ1n) is 26.3. The van der Waals surface area contributed by atoms with Crippen LogP contribution in [0.1, 0.15) is 251 Å². The molecule has 0 radical (unpaired) electrons. The molecule has 0 rings (SSSR count). The lowest BCUT2D eigenvalue weighted by atomic mass is 10.0. The van der Waals surface area contributed by atoms with Gasteiger partial charge in [0.25, 0.3) is 0 Å². The van der Waals surface area contributed by atoms with Crippen LogP contribution in [-0.2, 0) is 4.79 Å². The molecule has 0 spiro atoms. The SMILES string of the molecule is CC/C=C\C/C=C\C/C=C\C/C=C\C/C=C\CCCCCCCCCCCCCCCCCC(=O)NC(CO)C(O)/C=C/CC/C=C/CCCCCCCCCCCCCC. The number of amides is 1. The number of carbonyl (C=O) groups is 1. The van der Waals surface area contributed by atoms with Gasteiger partial charge in [0.15, 0.2) is 0 Å². The van der Waals surface area contributed by atoms with Crippen LogP contribution >= 0.6 is 0 Å². The number of allylic oxidation sites excluding steroid dienone is 13. The van der Waals surface area contributed by atoms with E-state index in [2.05, 4.69) is 92.1 Å². The van der Waals surface area contributed by atoms with Crippen molar-refractivity contribution in [2.45, 2.75) is 264 Å². The average Bonchev–Trinajstić information content (AvgIpc) is 3.26. The minimum Gasteiger partial charge on any atom is -0.394 e. The van der Waals surface area contributed by atoms with E-state index in [0.717, 1.165) is 64.2 Å². The van der Waals surface area contributed by atoms with E-state index in [1.54, 1.807) is 6.08 Å². The topological polar surface area (TPSA) is 69.6 Å². The highest BCUT2D eigenvalue weighted by molar-refractivity contribution is 5.76. The van der Waals surface area contributed by atoms with Crippen molar-refractivity contribution in [1.82, 2.24) is 5.32 Å². The van der Waals surface area contributed by atoms with E-state index in [-0.39, 0.29) is 12.5 Å². The Kier molecular flexibility index (Phi) is 49.8.